The van der Waals surface area contributed by atoms with Crippen LogP contribution in [0.5, 0.6) is 5.75 Å². The molecule has 1 unspecified atom stereocenters. The van der Waals surface area contributed by atoms with E-state index in [1.54, 1.807) is 0 Å². The standard InChI is InChI=1S/C28H37ClF2N4O6/c1-28(2,3)14-20(34-22(36)9-5-15-4-6-17(29)13-21(15)41-27(30)31)25(39)35-19(12-16-10-11-32-24(16)38)23(37)26(40)33-18-7-8-18/h4,6,13,16,18-20,27H,5,7-12,14H2,1-3H3,(H,32,38)(H,33,40)(H,34,36)(H,35,39)/t16-,19?,20-/m0/s1. The van der Waals surface area contributed by atoms with Gasteiger partial charge in [0.25, 0.3) is 5.91 Å². The molecular weight excluding hydrogens is 562 g/mol. The monoisotopic (exact) mass is 598 g/mol. The number of rotatable bonds is 14. The van der Waals surface area contributed by atoms with Crippen molar-refractivity contribution in [3.05, 3.63) is 28.8 Å². The number of benzene rings is 1. The Bertz CT molecular complexity index is 1150. The number of Topliss-reactive ketones (excluding diaryl/α,β-unsaturated/α-hetero) is 1. The van der Waals surface area contributed by atoms with E-state index in [0.717, 1.165) is 12.8 Å². The van der Waals surface area contributed by atoms with Gasteiger partial charge in [0, 0.05) is 29.9 Å². The molecule has 1 heterocycles. The Morgan fingerprint density at radius 1 is 1.10 bits per heavy atom. The maximum absolute atomic E-state index is 13.4. The maximum Gasteiger partial charge on any atom is 0.387 e. The molecule has 1 saturated carbocycles. The van der Waals surface area contributed by atoms with Crippen molar-refractivity contribution in [1.29, 1.82) is 0 Å². The van der Waals surface area contributed by atoms with E-state index in [4.69, 9.17) is 11.6 Å². The summed E-state index contributed by atoms with van der Waals surface area (Å²) in [5, 5.41) is 10.8. The smallest absolute Gasteiger partial charge is 0.387 e. The van der Waals surface area contributed by atoms with E-state index in [-0.39, 0.29) is 48.4 Å². The number of hydrogen-bond donors (Lipinski definition) is 4. The molecule has 4 N–H and O–H groups in total. The van der Waals surface area contributed by atoms with Crippen LogP contribution in [0.2, 0.25) is 5.02 Å². The van der Waals surface area contributed by atoms with E-state index < -0.39 is 53.5 Å². The molecule has 0 bridgehead atoms. The van der Waals surface area contributed by atoms with E-state index in [1.165, 1.54) is 18.2 Å². The number of ether oxygens (including phenoxy) is 1. The fourth-order valence-electron chi connectivity index (χ4n) is 4.58. The third kappa shape index (κ3) is 10.6. The average Bonchev–Trinajstić information content (AvgIpc) is 3.59. The van der Waals surface area contributed by atoms with Gasteiger partial charge in [-0.1, -0.05) is 38.4 Å². The molecule has 2 aliphatic rings. The lowest BCUT2D eigenvalue weighted by Crippen LogP contribution is -2.55. The number of carbonyl (C=O) groups excluding carboxylic acids is 5. The lowest BCUT2D eigenvalue weighted by molar-refractivity contribution is -0.141. The van der Waals surface area contributed by atoms with Crippen molar-refractivity contribution in [3.63, 3.8) is 0 Å². The first-order valence-corrected chi connectivity index (χ1v) is 14.0. The van der Waals surface area contributed by atoms with E-state index >= 15 is 0 Å². The molecule has 3 atom stereocenters. The van der Waals surface area contributed by atoms with Crippen LogP contribution in [0.3, 0.4) is 0 Å². The van der Waals surface area contributed by atoms with E-state index in [1.807, 2.05) is 20.8 Å². The van der Waals surface area contributed by atoms with Crippen molar-refractivity contribution in [2.75, 3.05) is 6.54 Å². The van der Waals surface area contributed by atoms with Gasteiger partial charge in [-0.3, -0.25) is 24.0 Å². The fourth-order valence-corrected chi connectivity index (χ4v) is 4.74. The minimum atomic E-state index is -3.07. The molecule has 1 aromatic carbocycles. The van der Waals surface area contributed by atoms with Crippen LogP contribution in [0.25, 0.3) is 0 Å². The predicted octanol–water partition coefficient (Wildman–Crippen LogP) is 2.65. The van der Waals surface area contributed by atoms with Gasteiger partial charge in [-0.25, -0.2) is 0 Å². The Kier molecular flexibility index (Phi) is 11.1. The molecule has 0 spiro atoms. The lowest BCUT2D eigenvalue weighted by atomic mass is 9.87. The molecule has 41 heavy (non-hydrogen) atoms. The van der Waals surface area contributed by atoms with Gasteiger partial charge in [-0.05, 0) is 61.6 Å². The lowest BCUT2D eigenvalue weighted by Gasteiger charge is -2.28. The van der Waals surface area contributed by atoms with Gasteiger partial charge < -0.3 is 26.0 Å². The SMILES string of the molecule is CC(C)(C)C[C@H](NC(=O)CCc1ccc(Cl)cc1OC(F)F)C(=O)NC(C[C@@H]1CCNC1=O)C(=O)C(=O)NC1CC1. The highest BCUT2D eigenvalue weighted by Gasteiger charge is 2.37. The first-order valence-electron chi connectivity index (χ1n) is 13.7. The second kappa shape index (κ2) is 14.1. The minimum Gasteiger partial charge on any atom is -0.434 e. The quantitative estimate of drug-likeness (QED) is 0.243. The number of carbonyl (C=O) groups is 5. The van der Waals surface area contributed by atoms with Crippen LogP contribution in [0, 0.1) is 11.3 Å². The van der Waals surface area contributed by atoms with E-state index in [2.05, 4.69) is 26.0 Å². The Morgan fingerprint density at radius 3 is 2.39 bits per heavy atom. The number of alkyl halides is 2. The normalized spacial score (nSPS) is 18.3. The third-order valence-corrected chi connectivity index (χ3v) is 7.02. The van der Waals surface area contributed by atoms with Crippen LogP contribution in [0.15, 0.2) is 18.2 Å². The summed E-state index contributed by atoms with van der Waals surface area (Å²) >= 11 is 5.88. The molecule has 3 rings (SSSR count). The zero-order valence-corrected chi connectivity index (χ0v) is 24.1. The summed E-state index contributed by atoms with van der Waals surface area (Å²) < 4.78 is 30.1. The van der Waals surface area contributed by atoms with Gasteiger partial charge >= 0.3 is 6.61 Å². The van der Waals surface area contributed by atoms with Gasteiger partial charge in [0.15, 0.2) is 0 Å². The Hall–Kier alpha value is -3.28. The highest BCUT2D eigenvalue weighted by molar-refractivity contribution is 6.38. The molecule has 1 saturated heterocycles. The van der Waals surface area contributed by atoms with E-state index in [0.29, 0.717) is 18.5 Å². The first kappa shape index (κ1) is 32.2. The number of ketones is 1. The second-order valence-electron chi connectivity index (χ2n) is 11.7. The van der Waals surface area contributed by atoms with Crippen molar-refractivity contribution in [3.8, 4) is 5.75 Å². The van der Waals surface area contributed by atoms with Crippen LogP contribution in [-0.2, 0) is 30.4 Å². The summed E-state index contributed by atoms with van der Waals surface area (Å²) in [6.07, 6.45) is 2.04. The molecule has 4 amide bonds. The van der Waals surface area contributed by atoms with Crippen molar-refractivity contribution in [1.82, 2.24) is 21.3 Å². The van der Waals surface area contributed by atoms with Crippen LogP contribution in [-0.4, -0.2) is 60.7 Å². The number of amides is 4. The first-order chi connectivity index (χ1) is 19.2. The topological polar surface area (TPSA) is 143 Å². The molecule has 226 valence electrons. The van der Waals surface area contributed by atoms with Crippen molar-refractivity contribution < 1.29 is 37.5 Å². The number of nitrogens with one attached hydrogen (secondary N) is 4. The van der Waals surface area contributed by atoms with Crippen LogP contribution in [0.4, 0.5) is 8.78 Å². The molecule has 0 radical (unpaired) electrons. The summed E-state index contributed by atoms with van der Waals surface area (Å²) in [5.41, 5.74) is -0.0818. The molecule has 1 aromatic rings. The zero-order chi connectivity index (χ0) is 30.3. The van der Waals surface area contributed by atoms with Crippen molar-refractivity contribution in [2.45, 2.75) is 90.5 Å². The third-order valence-electron chi connectivity index (χ3n) is 6.79. The zero-order valence-electron chi connectivity index (χ0n) is 23.4. The van der Waals surface area contributed by atoms with Crippen LogP contribution < -0.4 is 26.0 Å². The van der Waals surface area contributed by atoms with Crippen molar-refractivity contribution in [2.24, 2.45) is 11.3 Å². The summed E-state index contributed by atoms with van der Waals surface area (Å²) in [7, 11) is 0. The largest absolute Gasteiger partial charge is 0.434 e. The molecule has 0 aromatic heterocycles. The minimum absolute atomic E-state index is 0.0359. The van der Waals surface area contributed by atoms with Crippen molar-refractivity contribution >= 4 is 41.0 Å². The highest BCUT2D eigenvalue weighted by atomic mass is 35.5. The van der Waals surface area contributed by atoms with Crippen LogP contribution >= 0.6 is 11.6 Å². The van der Waals surface area contributed by atoms with Crippen LogP contribution in [0.1, 0.15) is 64.9 Å². The van der Waals surface area contributed by atoms with Gasteiger partial charge in [-0.15, -0.1) is 0 Å². The summed E-state index contributed by atoms with van der Waals surface area (Å²) in [6, 6.07) is 1.82. The Morgan fingerprint density at radius 2 is 1.80 bits per heavy atom. The van der Waals surface area contributed by atoms with Gasteiger partial charge in [0.1, 0.15) is 11.8 Å². The van der Waals surface area contributed by atoms with Gasteiger partial charge in [0.2, 0.25) is 23.5 Å². The average molecular weight is 599 g/mol. The highest BCUT2D eigenvalue weighted by Crippen LogP contribution is 2.27. The summed E-state index contributed by atoms with van der Waals surface area (Å²) in [6.45, 7) is 2.98. The van der Waals surface area contributed by atoms with E-state index in [9.17, 15) is 32.8 Å². The molecule has 10 nitrogen and oxygen atoms in total. The number of hydrogen-bond acceptors (Lipinski definition) is 6. The van der Waals surface area contributed by atoms with Gasteiger partial charge in [0.05, 0.1) is 6.04 Å². The molecule has 13 heteroatoms. The molecule has 1 aliphatic heterocycles. The maximum atomic E-state index is 13.4. The Balaban J connectivity index is 1.70. The van der Waals surface area contributed by atoms with Gasteiger partial charge in [-0.2, -0.15) is 8.78 Å². The molecule has 1 aliphatic carbocycles. The second-order valence-corrected chi connectivity index (χ2v) is 12.1. The predicted molar refractivity (Wildman–Crippen MR) is 146 cm³/mol. The number of aryl methyl sites for hydroxylation is 1. The number of halogens is 3. The fraction of sp³-hybridized carbons (Fsp3) is 0.607. The molecule has 2 fully saturated rings. The summed E-state index contributed by atoms with van der Waals surface area (Å²) in [4.78, 5) is 64.1. The summed E-state index contributed by atoms with van der Waals surface area (Å²) in [5.74, 6) is -3.81. The Labute approximate surface area is 242 Å². The molecular formula is C28H37ClF2N4O6.